The molecule has 0 saturated heterocycles. The fraction of sp³-hybridized carbons (Fsp3) is 0.400. The van der Waals surface area contributed by atoms with Crippen LogP contribution in [-0.2, 0) is 37.1 Å². The number of benzene rings is 2. The minimum atomic E-state index is -0.0824. The highest BCUT2D eigenvalue weighted by molar-refractivity contribution is 5.89. The van der Waals surface area contributed by atoms with E-state index in [1.54, 1.807) is 0 Å². The van der Waals surface area contributed by atoms with Crippen molar-refractivity contribution in [3.8, 4) is 0 Å². The van der Waals surface area contributed by atoms with Crippen molar-refractivity contribution in [2.45, 2.75) is 51.7 Å². The second-order valence-electron chi connectivity index (χ2n) is 8.58. The van der Waals surface area contributed by atoms with Crippen LogP contribution in [0.1, 0.15) is 34.4 Å². The molecule has 4 heteroatoms. The molecule has 0 radical (unpaired) electrons. The monoisotopic (exact) mass is 387 g/mol. The maximum absolute atomic E-state index is 12.9. The Morgan fingerprint density at radius 2 is 1.90 bits per heavy atom. The normalized spacial score (nSPS) is 18.6. The van der Waals surface area contributed by atoms with Gasteiger partial charge in [0.2, 0.25) is 5.91 Å². The number of para-hydroxylation sites is 1. The van der Waals surface area contributed by atoms with Gasteiger partial charge < -0.3 is 9.88 Å². The van der Waals surface area contributed by atoms with Crippen molar-refractivity contribution in [2.24, 2.45) is 0 Å². The Morgan fingerprint density at radius 1 is 1.10 bits per heavy atom. The lowest BCUT2D eigenvalue weighted by Gasteiger charge is -2.33. The third-order valence-electron chi connectivity index (χ3n) is 6.84. The largest absolute Gasteiger partial charge is 0.354 e. The highest BCUT2D eigenvalue weighted by atomic mass is 16.2. The number of hydrogen-bond acceptors (Lipinski definition) is 2. The first-order valence-corrected chi connectivity index (χ1v) is 10.8. The van der Waals surface area contributed by atoms with Gasteiger partial charge in [-0.15, -0.1) is 0 Å². The van der Waals surface area contributed by atoms with Crippen molar-refractivity contribution in [3.63, 3.8) is 0 Å². The highest BCUT2D eigenvalue weighted by Gasteiger charge is 2.28. The van der Waals surface area contributed by atoms with Crippen LogP contribution in [0.2, 0.25) is 0 Å². The van der Waals surface area contributed by atoms with Gasteiger partial charge in [-0.1, -0.05) is 42.5 Å². The summed E-state index contributed by atoms with van der Waals surface area (Å²) >= 11 is 0. The van der Waals surface area contributed by atoms with Crippen LogP contribution in [-0.4, -0.2) is 35.0 Å². The van der Waals surface area contributed by atoms with Crippen LogP contribution in [0.3, 0.4) is 0 Å². The molecule has 0 spiro atoms. The Kier molecular flexibility index (Phi) is 4.67. The van der Waals surface area contributed by atoms with Crippen molar-refractivity contribution in [1.82, 2.24) is 14.8 Å². The average Bonchev–Trinajstić information content (AvgIpc) is 3.01. The van der Waals surface area contributed by atoms with E-state index < -0.39 is 0 Å². The van der Waals surface area contributed by atoms with Gasteiger partial charge in [-0.05, 0) is 61.9 Å². The average molecular weight is 388 g/mol. The van der Waals surface area contributed by atoms with Crippen molar-refractivity contribution in [2.75, 3.05) is 13.6 Å². The summed E-state index contributed by atoms with van der Waals surface area (Å²) in [5.41, 5.74) is 8.28. The number of rotatable bonds is 4. The third-order valence-corrected chi connectivity index (χ3v) is 6.84. The molecular formula is C25H29N3O. The molecule has 2 aliphatic rings. The van der Waals surface area contributed by atoms with Crippen molar-refractivity contribution < 1.29 is 4.79 Å². The molecule has 2 aromatic carbocycles. The SMILES string of the molecule is Cc1c(CCNC(=O)C2Cc3ccccc3CN2C)c2cccc3c2n1CCC3. The topological polar surface area (TPSA) is 37.3 Å². The summed E-state index contributed by atoms with van der Waals surface area (Å²) < 4.78 is 2.48. The van der Waals surface area contributed by atoms with Crippen molar-refractivity contribution in [3.05, 3.63) is 70.4 Å². The zero-order valence-electron chi connectivity index (χ0n) is 17.4. The third kappa shape index (κ3) is 3.16. The van der Waals surface area contributed by atoms with Gasteiger partial charge in [0.25, 0.3) is 0 Å². The van der Waals surface area contributed by atoms with Gasteiger partial charge >= 0.3 is 0 Å². The number of likely N-dealkylation sites (N-methyl/N-ethyl adjacent to an activating group) is 1. The van der Waals surface area contributed by atoms with Crippen molar-refractivity contribution in [1.29, 1.82) is 0 Å². The maximum atomic E-state index is 12.9. The lowest BCUT2D eigenvalue weighted by atomic mass is 9.94. The van der Waals surface area contributed by atoms with Crippen molar-refractivity contribution >= 4 is 16.8 Å². The Hall–Kier alpha value is -2.59. The summed E-state index contributed by atoms with van der Waals surface area (Å²) in [4.78, 5) is 15.1. The number of aryl methyl sites for hydroxylation is 2. The molecule has 2 aliphatic heterocycles. The number of carbonyl (C=O) groups is 1. The Morgan fingerprint density at radius 3 is 2.76 bits per heavy atom. The lowest BCUT2D eigenvalue weighted by Crippen LogP contribution is -2.48. The Bertz CT molecular complexity index is 1080. The van der Waals surface area contributed by atoms with Gasteiger partial charge in [-0.3, -0.25) is 9.69 Å². The van der Waals surface area contributed by atoms with Crippen LogP contribution in [0, 0.1) is 6.92 Å². The predicted molar refractivity (Wildman–Crippen MR) is 117 cm³/mol. The smallest absolute Gasteiger partial charge is 0.237 e. The Balaban J connectivity index is 1.29. The second kappa shape index (κ2) is 7.34. The van der Waals surface area contributed by atoms with Gasteiger partial charge in [0.05, 0.1) is 11.6 Å². The zero-order chi connectivity index (χ0) is 20.0. The summed E-state index contributed by atoms with van der Waals surface area (Å²) in [5.74, 6) is 0.147. The number of nitrogens with one attached hydrogen (secondary N) is 1. The van der Waals surface area contributed by atoms with Gasteiger partial charge in [0.1, 0.15) is 0 Å². The molecule has 4 nitrogen and oxygen atoms in total. The zero-order valence-corrected chi connectivity index (χ0v) is 17.4. The molecular weight excluding hydrogens is 358 g/mol. The van der Waals surface area contributed by atoms with Gasteiger partial charge in [-0.25, -0.2) is 0 Å². The van der Waals surface area contributed by atoms with E-state index in [0.29, 0.717) is 6.54 Å². The molecule has 1 aromatic heterocycles. The number of amides is 1. The number of nitrogens with zero attached hydrogens (tertiary/aromatic N) is 2. The molecule has 0 bridgehead atoms. The fourth-order valence-corrected chi connectivity index (χ4v) is 5.28. The maximum Gasteiger partial charge on any atom is 0.237 e. The van der Waals surface area contributed by atoms with E-state index in [2.05, 4.69) is 71.2 Å². The van der Waals surface area contributed by atoms with Crippen LogP contribution in [0.15, 0.2) is 42.5 Å². The van der Waals surface area contributed by atoms with Crippen LogP contribution >= 0.6 is 0 Å². The Labute approximate surface area is 172 Å². The molecule has 29 heavy (non-hydrogen) atoms. The van der Waals surface area contributed by atoms with E-state index in [9.17, 15) is 4.79 Å². The molecule has 0 aliphatic carbocycles. The standard InChI is InChI=1S/C25H29N3O/c1-17-21(22-11-5-9-18-10-6-14-28(17)24(18)22)12-13-26-25(29)23-15-19-7-3-4-8-20(19)16-27(23)2/h3-5,7-9,11,23H,6,10,12-16H2,1-2H3,(H,26,29). The highest BCUT2D eigenvalue weighted by Crippen LogP contribution is 2.32. The quantitative estimate of drug-likeness (QED) is 0.743. The lowest BCUT2D eigenvalue weighted by molar-refractivity contribution is -0.126. The molecule has 1 amide bonds. The summed E-state index contributed by atoms with van der Waals surface area (Å²) in [5, 5.41) is 4.59. The van der Waals surface area contributed by atoms with Crippen LogP contribution in [0.25, 0.3) is 10.9 Å². The summed E-state index contributed by atoms with van der Waals surface area (Å²) in [6.07, 6.45) is 4.07. The van der Waals surface area contributed by atoms with E-state index in [0.717, 1.165) is 25.9 Å². The summed E-state index contributed by atoms with van der Waals surface area (Å²) in [7, 11) is 2.05. The minimum Gasteiger partial charge on any atom is -0.354 e. The molecule has 1 N–H and O–H groups in total. The molecule has 1 atom stereocenters. The predicted octanol–water partition coefficient (Wildman–Crippen LogP) is 3.61. The van der Waals surface area contributed by atoms with Gasteiger partial charge in [0, 0.05) is 30.7 Å². The number of aromatic nitrogens is 1. The molecule has 0 saturated carbocycles. The van der Waals surface area contributed by atoms with Crippen LogP contribution < -0.4 is 5.32 Å². The molecule has 3 heterocycles. The van der Waals surface area contributed by atoms with E-state index in [4.69, 9.17) is 0 Å². The minimum absolute atomic E-state index is 0.0824. The molecule has 5 rings (SSSR count). The summed E-state index contributed by atoms with van der Waals surface area (Å²) in [6, 6.07) is 15.1. The summed E-state index contributed by atoms with van der Waals surface area (Å²) in [6.45, 7) is 4.87. The molecule has 0 fully saturated rings. The number of fused-ring (bicyclic) bond motifs is 1. The van der Waals surface area contributed by atoms with Crippen LogP contribution in [0.5, 0.6) is 0 Å². The van der Waals surface area contributed by atoms with E-state index in [1.807, 2.05) is 0 Å². The van der Waals surface area contributed by atoms with Gasteiger partial charge in [0.15, 0.2) is 0 Å². The first-order valence-electron chi connectivity index (χ1n) is 10.8. The fourth-order valence-electron chi connectivity index (χ4n) is 5.28. The number of carbonyl (C=O) groups excluding carboxylic acids is 1. The molecule has 150 valence electrons. The van der Waals surface area contributed by atoms with E-state index >= 15 is 0 Å². The number of hydrogen-bond donors (Lipinski definition) is 1. The second-order valence-corrected chi connectivity index (χ2v) is 8.58. The van der Waals surface area contributed by atoms with Crippen LogP contribution in [0.4, 0.5) is 0 Å². The molecule has 3 aromatic rings. The first kappa shape index (κ1) is 18.4. The van der Waals surface area contributed by atoms with Gasteiger partial charge in [-0.2, -0.15) is 0 Å². The van der Waals surface area contributed by atoms with E-state index in [-0.39, 0.29) is 11.9 Å². The first-order chi connectivity index (χ1) is 14.1. The molecule has 1 unspecified atom stereocenters. The van der Waals surface area contributed by atoms with E-state index in [1.165, 1.54) is 51.7 Å².